The van der Waals surface area contributed by atoms with Crippen LogP contribution < -0.4 is 5.73 Å². The molecular formula is C24H43N7O6. The first-order valence-electron chi connectivity index (χ1n) is 13.1. The van der Waals surface area contributed by atoms with E-state index in [-0.39, 0.29) is 30.6 Å². The molecule has 3 atom stereocenters. The topological polar surface area (TPSA) is 156 Å². The summed E-state index contributed by atoms with van der Waals surface area (Å²) in [5, 5.41) is 16.8. The lowest BCUT2D eigenvalue weighted by molar-refractivity contribution is -0.137. The van der Waals surface area contributed by atoms with Crippen molar-refractivity contribution in [2.24, 2.45) is 5.73 Å². The average Bonchev–Trinajstić information content (AvgIpc) is 3.09. The van der Waals surface area contributed by atoms with Crippen LogP contribution in [0.1, 0.15) is 40.5 Å². The summed E-state index contributed by atoms with van der Waals surface area (Å²) in [5.74, 6) is -0.862. The van der Waals surface area contributed by atoms with E-state index in [0.29, 0.717) is 39.1 Å². The minimum absolute atomic E-state index is 0.0910. The lowest BCUT2D eigenvalue weighted by atomic mass is 10.1. The van der Waals surface area contributed by atoms with Crippen molar-refractivity contribution in [3.05, 3.63) is 0 Å². The summed E-state index contributed by atoms with van der Waals surface area (Å²) in [6.45, 7) is 13.7. The maximum Gasteiger partial charge on any atom is 0.411 e. The number of carbonyl (C=O) groups excluding carboxylic acids is 2. The Morgan fingerprint density at radius 2 is 1.73 bits per heavy atom. The molecule has 37 heavy (non-hydrogen) atoms. The minimum atomic E-state index is -0.771. The summed E-state index contributed by atoms with van der Waals surface area (Å²) >= 11 is 0. The molecular weight excluding hydrogens is 482 g/mol. The molecule has 3 unspecified atom stereocenters. The van der Waals surface area contributed by atoms with Crippen LogP contribution in [0.2, 0.25) is 0 Å². The van der Waals surface area contributed by atoms with Gasteiger partial charge in [0.15, 0.2) is 6.23 Å². The first kappa shape index (κ1) is 28.9. The van der Waals surface area contributed by atoms with Gasteiger partial charge in [-0.05, 0) is 40.7 Å². The molecule has 3 rings (SSSR count). The Morgan fingerprint density at radius 3 is 2.32 bits per heavy atom. The van der Waals surface area contributed by atoms with Gasteiger partial charge in [0.05, 0.1) is 6.04 Å². The van der Waals surface area contributed by atoms with Crippen LogP contribution in [0, 0.1) is 5.41 Å². The molecule has 0 saturated carbocycles. The molecule has 0 aromatic carbocycles. The van der Waals surface area contributed by atoms with Crippen LogP contribution in [0.15, 0.2) is 0 Å². The highest BCUT2D eigenvalue weighted by Gasteiger charge is 2.43. The Morgan fingerprint density at radius 1 is 1.08 bits per heavy atom. The zero-order chi connectivity index (χ0) is 27.3. The highest BCUT2D eigenvalue weighted by molar-refractivity contribution is 5.87. The lowest BCUT2D eigenvalue weighted by Gasteiger charge is -2.41. The molecule has 0 radical (unpaired) electrons. The molecule has 0 aliphatic carbocycles. The zero-order valence-corrected chi connectivity index (χ0v) is 22.5. The van der Waals surface area contributed by atoms with Gasteiger partial charge >= 0.3 is 18.2 Å². The van der Waals surface area contributed by atoms with Crippen LogP contribution in [-0.4, -0.2) is 143 Å². The Kier molecular flexibility index (Phi) is 9.59. The first-order chi connectivity index (χ1) is 17.4. The standard InChI is InChI=1S/C24H43N7O6/c1-17-21(29-12-8-27(9-13-29)7-5-6-19(32)33)36-22(34)30(17)14-10-28-11-15-31(18(16-28)20(25)26)23(35)37-24(2,3)4/h17-18,21H,5-16H2,1-4H3,(H3,25,26)(H,32,33). The molecule has 3 heterocycles. The number of amidine groups is 1. The van der Waals surface area contributed by atoms with Gasteiger partial charge in [-0.3, -0.25) is 29.8 Å². The van der Waals surface area contributed by atoms with Crippen LogP contribution in [0.5, 0.6) is 0 Å². The first-order valence-corrected chi connectivity index (χ1v) is 13.1. The molecule has 2 amide bonds. The molecule has 3 aliphatic rings. The number of amides is 2. The molecule has 3 fully saturated rings. The number of ether oxygens (including phenoxy) is 2. The number of carboxylic acids is 1. The smallest absolute Gasteiger partial charge is 0.411 e. The van der Waals surface area contributed by atoms with Crippen LogP contribution in [0.4, 0.5) is 9.59 Å². The number of carbonyl (C=O) groups is 3. The molecule has 13 heteroatoms. The molecule has 4 N–H and O–H groups in total. The van der Waals surface area contributed by atoms with E-state index in [1.807, 2.05) is 6.92 Å². The largest absolute Gasteiger partial charge is 0.481 e. The number of nitrogens with zero attached hydrogens (tertiary/aromatic N) is 5. The van der Waals surface area contributed by atoms with E-state index in [4.69, 9.17) is 25.7 Å². The normalized spacial score (nSPS) is 26.3. The van der Waals surface area contributed by atoms with Crippen molar-refractivity contribution in [3.8, 4) is 0 Å². The fourth-order valence-corrected chi connectivity index (χ4v) is 5.06. The van der Waals surface area contributed by atoms with Gasteiger partial charge in [0.25, 0.3) is 0 Å². The minimum Gasteiger partial charge on any atom is -0.481 e. The van der Waals surface area contributed by atoms with Crippen LogP contribution >= 0.6 is 0 Å². The predicted octanol–water partition coefficient (Wildman–Crippen LogP) is 0.493. The Bertz CT molecular complexity index is 842. The second-order valence-corrected chi connectivity index (χ2v) is 11.0. The Hall–Kier alpha value is -2.64. The SMILES string of the molecule is CC1C(N2CCN(CCCC(=O)O)CC2)OC(=O)N1CCN1CCN(C(=O)OC(C)(C)C)C(C(=N)N)C1. The lowest BCUT2D eigenvalue weighted by Crippen LogP contribution is -2.61. The molecule has 13 nitrogen and oxygen atoms in total. The monoisotopic (exact) mass is 525 g/mol. The number of cyclic esters (lactones) is 1. The van der Waals surface area contributed by atoms with Crippen molar-refractivity contribution in [3.63, 3.8) is 0 Å². The van der Waals surface area contributed by atoms with Gasteiger partial charge < -0.3 is 25.2 Å². The van der Waals surface area contributed by atoms with E-state index in [9.17, 15) is 14.4 Å². The van der Waals surface area contributed by atoms with Crippen LogP contribution in [0.3, 0.4) is 0 Å². The van der Waals surface area contributed by atoms with E-state index in [2.05, 4.69) is 14.7 Å². The molecule has 0 aromatic rings. The molecule has 0 spiro atoms. The molecule has 0 bridgehead atoms. The highest BCUT2D eigenvalue weighted by Crippen LogP contribution is 2.24. The summed E-state index contributed by atoms with van der Waals surface area (Å²) < 4.78 is 11.2. The van der Waals surface area contributed by atoms with Crippen molar-refractivity contribution in [2.75, 3.05) is 65.4 Å². The maximum absolute atomic E-state index is 12.7. The average molecular weight is 526 g/mol. The van der Waals surface area contributed by atoms with E-state index in [0.717, 1.165) is 32.7 Å². The van der Waals surface area contributed by atoms with Gasteiger partial charge in [-0.25, -0.2) is 9.59 Å². The predicted molar refractivity (Wildman–Crippen MR) is 136 cm³/mol. The fraction of sp³-hybridized carbons (Fsp3) is 0.833. The van der Waals surface area contributed by atoms with Crippen molar-refractivity contribution in [1.29, 1.82) is 5.41 Å². The molecule has 210 valence electrons. The second-order valence-electron chi connectivity index (χ2n) is 11.0. The summed E-state index contributed by atoms with van der Waals surface area (Å²) in [6.07, 6.45) is -0.321. The van der Waals surface area contributed by atoms with Gasteiger partial charge in [0.1, 0.15) is 17.5 Å². The fourth-order valence-electron chi connectivity index (χ4n) is 5.06. The van der Waals surface area contributed by atoms with E-state index in [1.165, 1.54) is 4.90 Å². The van der Waals surface area contributed by atoms with E-state index < -0.39 is 23.7 Å². The maximum atomic E-state index is 12.7. The van der Waals surface area contributed by atoms with Crippen molar-refractivity contribution in [2.45, 2.75) is 64.4 Å². The Balaban J connectivity index is 1.47. The van der Waals surface area contributed by atoms with Gasteiger partial charge in [-0.2, -0.15) is 0 Å². The number of rotatable bonds is 9. The molecule has 3 aliphatic heterocycles. The number of carboxylic acid groups (broad SMARTS) is 1. The zero-order valence-electron chi connectivity index (χ0n) is 22.5. The number of aliphatic carboxylic acids is 1. The van der Waals surface area contributed by atoms with Crippen molar-refractivity contribution >= 4 is 24.0 Å². The second kappa shape index (κ2) is 12.3. The van der Waals surface area contributed by atoms with E-state index in [1.54, 1.807) is 25.7 Å². The molecule has 0 aromatic heterocycles. The van der Waals surface area contributed by atoms with Crippen LogP contribution in [-0.2, 0) is 14.3 Å². The van der Waals surface area contributed by atoms with Crippen molar-refractivity contribution < 1.29 is 29.0 Å². The van der Waals surface area contributed by atoms with Crippen molar-refractivity contribution in [1.82, 2.24) is 24.5 Å². The highest BCUT2D eigenvalue weighted by atomic mass is 16.6. The number of nitrogens with two attached hydrogens (primary N) is 1. The Labute approximate surface area is 218 Å². The number of piperazine rings is 2. The molecule has 3 saturated heterocycles. The number of hydrogen-bond donors (Lipinski definition) is 3. The summed E-state index contributed by atoms with van der Waals surface area (Å²) in [6, 6.07) is -0.691. The summed E-state index contributed by atoms with van der Waals surface area (Å²) in [5.41, 5.74) is 5.19. The number of hydrogen-bond acceptors (Lipinski definition) is 9. The quantitative estimate of drug-likeness (QED) is 0.286. The van der Waals surface area contributed by atoms with Gasteiger partial charge in [0.2, 0.25) is 0 Å². The third kappa shape index (κ3) is 7.92. The number of nitrogens with one attached hydrogen (secondary N) is 1. The van der Waals surface area contributed by atoms with Gasteiger partial charge in [-0.15, -0.1) is 0 Å². The third-order valence-corrected chi connectivity index (χ3v) is 7.10. The van der Waals surface area contributed by atoms with Gasteiger partial charge in [-0.1, -0.05) is 0 Å². The van der Waals surface area contributed by atoms with E-state index >= 15 is 0 Å². The summed E-state index contributed by atoms with van der Waals surface area (Å²) in [4.78, 5) is 45.8. The third-order valence-electron chi connectivity index (χ3n) is 7.10. The summed E-state index contributed by atoms with van der Waals surface area (Å²) in [7, 11) is 0. The van der Waals surface area contributed by atoms with Crippen LogP contribution in [0.25, 0.3) is 0 Å². The van der Waals surface area contributed by atoms with Gasteiger partial charge in [0, 0.05) is 65.3 Å².